The summed E-state index contributed by atoms with van der Waals surface area (Å²) in [4.78, 5) is 0. The topological polar surface area (TPSA) is 42.2 Å². The van der Waals surface area contributed by atoms with Gasteiger partial charge in [-0.1, -0.05) is 6.92 Å². The number of aromatic nitrogens is 3. The molecular weight excluding hydrogens is 257 g/mol. The van der Waals surface area contributed by atoms with Crippen LogP contribution >= 0.6 is 0 Å². The zero-order chi connectivity index (χ0) is 13.6. The molecule has 4 nitrogen and oxygen atoms in total. The summed E-state index contributed by atoms with van der Waals surface area (Å²) in [6.45, 7) is 3.62. The lowest BCUT2D eigenvalue weighted by Crippen LogP contribution is -2.13. The zero-order valence-corrected chi connectivity index (χ0v) is 10.3. The molecule has 2 aromatic heterocycles. The summed E-state index contributed by atoms with van der Waals surface area (Å²) in [5.41, 5.74) is -0.234. The fraction of sp³-hybridized carbons (Fsp3) is 0.500. The van der Waals surface area contributed by atoms with Crippen molar-refractivity contribution in [2.45, 2.75) is 19.0 Å². The second-order valence-electron chi connectivity index (χ2n) is 4.94. The molecule has 0 aliphatic carbocycles. The molecule has 19 heavy (non-hydrogen) atoms. The molecule has 2 atom stereocenters. The minimum absolute atomic E-state index is 0.0958. The SMILES string of the molecule is C[C@@H]1CNC[C@H]1c1nnc2ccc(C(F)(F)F)cn12. The molecule has 102 valence electrons. The normalized spacial score (nSPS) is 24.2. The molecule has 0 unspecified atom stereocenters. The van der Waals surface area contributed by atoms with E-state index in [2.05, 4.69) is 22.4 Å². The molecule has 0 radical (unpaired) electrons. The minimum atomic E-state index is -4.35. The Balaban J connectivity index is 2.10. The molecule has 1 saturated heterocycles. The van der Waals surface area contributed by atoms with Gasteiger partial charge in [-0.3, -0.25) is 4.40 Å². The molecule has 0 spiro atoms. The number of hydrogen-bond acceptors (Lipinski definition) is 3. The summed E-state index contributed by atoms with van der Waals surface area (Å²) in [6.07, 6.45) is -3.27. The number of alkyl halides is 3. The van der Waals surface area contributed by atoms with Gasteiger partial charge in [0.2, 0.25) is 0 Å². The van der Waals surface area contributed by atoms with Crippen molar-refractivity contribution in [3.05, 3.63) is 29.7 Å². The van der Waals surface area contributed by atoms with Crippen LogP contribution in [0.25, 0.3) is 5.65 Å². The van der Waals surface area contributed by atoms with Crippen molar-refractivity contribution in [3.63, 3.8) is 0 Å². The molecule has 1 fully saturated rings. The van der Waals surface area contributed by atoms with Gasteiger partial charge in [0.15, 0.2) is 5.65 Å². The predicted molar refractivity (Wildman–Crippen MR) is 62.8 cm³/mol. The van der Waals surface area contributed by atoms with E-state index in [4.69, 9.17) is 0 Å². The molecule has 7 heteroatoms. The Morgan fingerprint density at radius 1 is 1.26 bits per heavy atom. The molecule has 1 N–H and O–H groups in total. The molecule has 0 bridgehead atoms. The van der Waals surface area contributed by atoms with Crippen molar-refractivity contribution in [1.29, 1.82) is 0 Å². The van der Waals surface area contributed by atoms with Crippen LogP contribution in [0, 0.1) is 5.92 Å². The van der Waals surface area contributed by atoms with Crippen molar-refractivity contribution < 1.29 is 13.2 Å². The molecule has 3 heterocycles. The highest BCUT2D eigenvalue weighted by Crippen LogP contribution is 2.31. The van der Waals surface area contributed by atoms with Gasteiger partial charge in [0.1, 0.15) is 5.82 Å². The lowest BCUT2D eigenvalue weighted by atomic mass is 9.97. The Labute approximate surface area is 107 Å². The second-order valence-corrected chi connectivity index (χ2v) is 4.94. The third kappa shape index (κ3) is 2.07. The van der Waals surface area contributed by atoms with Gasteiger partial charge < -0.3 is 5.32 Å². The smallest absolute Gasteiger partial charge is 0.316 e. The Morgan fingerprint density at radius 2 is 2.05 bits per heavy atom. The summed E-state index contributed by atoms with van der Waals surface area (Å²) in [7, 11) is 0. The first-order valence-electron chi connectivity index (χ1n) is 6.09. The van der Waals surface area contributed by atoms with E-state index in [1.165, 1.54) is 10.5 Å². The monoisotopic (exact) mass is 270 g/mol. The molecule has 1 aliphatic heterocycles. The van der Waals surface area contributed by atoms with E-state index in [0.29, 0.717) is 17.4 Å². The van der Waals surface area contributed by atoms with Crippen molar-refractivity contribution in [3.8, 4) is 0 Å². The van der Waals surface area contributed by atoms with E-state index in [0.717, 1.165) is 25.4 Å². The van der Waals surface area contributed by atoms with Crippen LogP contribution in [-0.2, 0) is 6.18 Å². The Bertz CT molecular complexity index is 605. The fourth-order valence-corrected chi connectivity index (χ4v) is 2.48. The maximum atomic E-state index is 12.7. The van der Waals surface area contributed by atoms with Gasteiger partial charge in [-0.05, 0) is 24.6 Å². The van der Waals surface area contributed by atoms with Crippen LogP contribution < -0.4 is 5.32 Å². The van der Waals surface area contributed by atoms with Crippen molar-refractivity contribution in [2.75, 3.05) is 13.1 Å². The van der Waals surface area contributed by atoms with Crippen LogP contribution in [-0.4, -0.2) is 27.7 Å². The predicted octanol–water partition coefficient (Wildman–Crippen LogP) is 2.07. The van der Waals surface area contributed by atoms with Crippen LogP contribution in [0.5, 0.6) is 0 Å². The number of fused-ring (bicyclic) bond motifs is 1. The van der Waals surface area contributed by atoms with E-state index in [1.54, 1.807) is 0 Å². The first-order valence-corrected chi connectivity index (χ1v) is 6.09. The largest absolute Gasteiger partial charge is 0.417 e. The molecular formula is C12H13F3N4. The van der Waals surface area contributed by atoms with Crippen LogP contribution in [0.15, 0.2) is 18.3 Å². The fourth-order valence-electron chi connectivity index (χ4n) is 2.48. The van der Waals surface area contributed by atoms with Gasteiger partial charge in [0.05, 0.1) is 5.56 Å². The van der Waals surface area contributed by atoms with Crippen LogP contribution in [0.2, 0.25) is 0 Å². The van der Waals surface area contributed by atoms with E-state index in [9.17, 15) is 13.2 Å². The van der Waals surface area contributed by atoms with Crippen molar-refractivity contribution in [2.24, 2.45) is 5.92 Å². The third-order valence-electron chi connectivity index (χ3n) is 3.61. The average molecular weight is 270 g/mol. The average Bonchev–Trinajstić information content (AvgIpc) is 2.92. The summed E-state index contributed by atoms with van der Waals surface area (Å²) in [5.74, 6) is 1.03. The highest BCUT2D eigenvalue weighted by molar-refractivity contribution is 5.40. The van der Waals surface area contributed by atoms with Gasteiger partial charge in [-0.15, -0.1) is 10.2 Å². The van der Waals surface area contributed by atoms with Gasteiger partial charge in [-0.2, -0.15) is 13.2 Å². The second kappa shape index (κ2) is 4.19. The number of halogens is 3. The van der Waals surface area contributed by atoms with Crippen molar-refractivity contribution >= 4 is 5.65 Å². The maximum absolute atomic E-state index is 12.7. The maximum Gasteiger partial charge on any atom is 0.417 e. The third-order valence-corrected chi connectivity index (χ3v) is 3.61. The number of hydrogen-bond donors (Lipinski definition) is 1. The quantitative estimate of drug-likeness (QED) is 0.862. The Hall–Kier alpha value is -1.63. The highest BCUT2D eigenvalue weighted by atomic mass is 19.4. The van der Waals surface area contributed by atoms with E-state index >= 15 is 0 Å². The van der Waals surface area contributed by atoms with Gasteiger partial charge in [0, 0.05) is 18.7 Å². The first-order chi connectivity index (χ1) is 8.97. The first kappa shape index (κ1) is 12.4. The van der Waals surface area contributed by atoms with Crippen LogP contribution in [0.1, 0.15) is 24.2 Å². The molecule has 0 amide bonds. The van der Waals surface area contributed by atoms with Gasteiger partial charge >= 0.3 is 6.18 Å². The molecule has 2 aromatic rings. The Kier molecular flexibility index (Phi) is 2.74. The van der Waals surface area contributed by atoms with Crippen molar-refractivity contribution in [1.82, 2.24) is 19.9 Å². The van der Waals surface area contributed by atoms with E-state index in [1.807, 2.05) is 0 Å². The molecule has 0 aromatic carbocycles. The Morgan fingerprint density at radius 3 is 2.68 bits per heavy atom. The summed E-state index contributed by atoms with van der Waals surface area (Å²) < 4.78 is 39.7. The zero-order valence-electron chi connectivity index (χ0n) is 10.3. The summed E-state index contributed by atoms with van der Waals surface area (Å²) >= 11 is 0. The van der Waals surface area contributed by atoms with Crippen LogP contribution in [0.4, 0.5) is 13.2 Å². The number of pyridine rings is 1. The van der Waals surface area contributed by atoms with Gasteiger partial charge in [-0.25, -0.2) is 0 Å². The summed E-state index contributed by atoms with van der Waals surface area (Å²) in [5, 5.41) is 11.2. The summed E-state index contributed by atoms with van der Waals surface area (Å²) in [6, 6.07) is 2.39. The van der Waals surface area contributed by atoms with E-state index < -0.39 is 11.7 Å². The minimum Gasteiger partial charge on any atom is -0.316 e. The number of rotatable bonds is 1. The number of nitrogens with zero attached hydrogens (tertiary/aromatic N) is 3. The highest BCUT2D eigenvalue weighted by Gasteiger charge is 2.33. The molecule has 1 aliphatic rings. The molecule has 0 saturated carbocycles. The molecule has 3 rings (SSSR count). The number of nitrogens with one attached hydrogen (secondary N) is 1. The standard InChI is InChI=1S/C12H13F3N4/c1-7-4-16-5-9(7)11-18-17-10-3-2-8(6-19(10)11)12(13,14)15/h2-3,6-7,9,16H,4-5H2,1H3/t7-,9-/m1/s1. The lowest BCUT2D eigenvalue weighted by molar-refractivity contribution is -0.137. The van der Waals surface area contributed by atoms with Gasteiger partial charge in [0.25, 0.3) is 0 Å². The van der Waals surface area contributed by atoms with Crippen LogP contribution in [0.3, 0.4) is 0 Å². The van der Waals surface area contributed by atoms with E-state index in [-0.39, 0.29) is 5.92 Å². The lowest BCUT2D eigenvalue weighted by Gasteiger charge is -2.13.